The van der Waals surface area contributed by atoms with Crippen molar-refractivity contribution in [2.45, 2.75) is 19.3 Å². The quantitative estimate of drug-likeness (QED) is 0.221. The fourth-order valence-corrected chi connectivity index (χ4v) is 6.11. The van der Waals surface area contributed by atoms with Crippen LogP contribution in [0.3, 0.4) is 0 Å². The van der Waals surface area contributed by atoms with E-state index in [1.54, 1.807) is 0 Å². The van der Waals surface area contributed by atoms with Crippen LogP contribution in [0.1, 0.15) is 25.0 Å². The van der Waals surface area contributed by atoms with E-state index in [9.17, 15) is 0 Å². The lowest BCUT2D eigenvalue weighted by molar-refractivity contribution is 0.642. The van der Waals surface area contributed by atoms with Crippen LogP contribution in [-0.4, -0.2) is 19.4 Å². The first-order chi connectivity index (χ1) is 19.6. The molecule has 8 rings (SSSR count). The Kier molecular flexibility index (Phi) is 4.83. The Hall–Kier alpha value is -5.09. The Morgan fingerprint density at radius 3 is 2.38 bits per heavy atom. The monoisotopic (exact) mass is 514 g/mol. The molecule has 0 saturated carbocycles. The third-order valence-corrected chi connectivity index (χ3v) is 8.34. The smallest absolute Gasteiger partial charge is 0.148 e. The number of imidazole rings is 1. The lowest BCUT2D eigenvalue weighted by atomic mass is 9.77. The summed E-state index contributed by atoms with van der Waals surface area (Å²) in [5.41, 5.74) is 9.47. The number of para-hydroxylation sites is 2. The largest absolute Gasteiger partial charge is 0.292 e. The second-order valence-electron chi connectivity index (χ2n) is 11.0. The van der Waals surface area contributed by atoms with Crippen LogP contribution in [0.15, 0.2) is 122 Å². The summed E-state index contributed by atoms with van der Waals surface area (Å²) in [7, 11) is 0. The maximum absolute atomic E-state index is 5.12. The van der Waals surface area contributed by atoms with Gasteiger partial charge in [0.1, 0.15) is 5.65 Å². The van der Waals surface area contributed by atoms with Crippen molar-refractivity contribution >= 4 is 49.3 Å². The molecule has 190 valence electrons. The van der Waals surface area contributed by atoms with Crippen molar-refractivity contribution in [3.8, 4) is 11.3 Å². The van der Waals surface area contributed by atoms with Crippen molar-refractivity contribution < 1.29 is 0 Å². The van der Waals surface area contributed by atoms with Crippen LogP contribution < -0.4 is 0 Å². The number of aromatic nitrogens is 4. The molecule has 4 aromatic carbocycles. The van der Waals surface area contributed by atoms with E-state index in [-0.39, 0.29) is 5.41 Å². The summed E-state index contributed by atoms with van der Waals surface area (Å²) in [5.74, 6) is 0. The molecule has 0 amide bonds. The number of hydrogen-bond acceptors (Lipinski definition) is 3. The molecule has 4 heteroatoms. The first-order valence-electron chi connectivity index (χ1n) is 13.6. The fraction of sp³-hybridized carbons (Fsp3) is 0.0833. The summed E-state index contributed by atoms with van der Waals surface area (Å²) in [6.07, 6.45) is 3.84. The van der Waals surface area contributed by atoms with Gasteiger partial charge >= 0.3 is 0 Å². The molecule has 0 bridgehead atoms. The molecule has 0 saturated heterocycles. The normalized spacial score (nSPS) is 12.2. The minimum absolute atomic E-state index is 0.242. The van der Waals surface area contributed by atoms with E-state index < -0.39 is 0 Å². The summed E-state index contributed by atoms with van der Waals surface area (Å²) in [6.45, 7) is 4.59. The molecule has 4 aromatic heterocycles. The van der Waals surface area contributed by atoms with Gasteiger partial charge in [-0.05, 0) is 59.0 Å². The summed E-state index contributed by atoms with van der Waals surface area (Å²) < 4.78 is 2.31. The lowest BCUT2D eigenvalue weighted by Gasteiger charge is -2.27. The minimum Gasteiger partial charge on any atom is -0.292 e. The van der Waals surface area contributed by atoms with Crippen LogP contribution >= 0.6 is 0 Å². The van der Waals surface area contributed by atoms with Crippen molar-refractivity contribution in [1.82, 2.24) is 19.4 Å². The van der Waals surface area contributed by atoms with Crippen LogP contribution in [0.2, 0.25) is 0 Å². The number of benzene rings is 4. The Bertz CT molecular complexity index is 2240. The van der Waals surface area contributed by atoms with E-state index in [1.807, 2.05) is 24.5 Å². The second-order valence-corrected chi connectivity index (χ2v) is 11.0. The maximum atomic E-state index is 5.12. The van der Waals surface area contributed by atoms with E-state index in [2.05, 4.69) is 120 Å². The molecule has 8 aromatic rings. The third kappa shape index (κ3) is 3.29. The van der Waals surface area contributed by atoms with Crippen molar-refractivity contribution in [1.29, 1.82) is 0 Å². The van der Waals surface area contributed by atoms with Gasteiger partial charge in [0.15, 0.2) is 0 Å². The van der Waals surface area contributed by atoms with Gasteiger partial charge in [0.05, 0.1) is 33.1 Å². The number of nitrogens with zero attached hydrogens (tertiary/aromatic N) is 4. The average Bonchev–Trinajstić information content (AvgIpc) is 3.41. The number of rotatable bonds is 3. The van der Waals surface area contributed by atoms with Crippen molar-refractivity contribution in [2.24, 2.45) is 0 Å². The Balaban J connectivity index is 1.43. The van der Waals surface area contributed by atoms with E-state index in [0.717, 1.165) is 55.1 Å². The summed E-state index contributed by atoms with van der Waals surface area (Å²) in [6, 6.07) is 38.5. The molecular formula is C36H26N4. The van der Waals surface area contributed by atoms with Gasteiger partial charge in [-0.2, -0.15) is 0 Å². The van der Waals surface area contributed by atoms with E-state index >= 15 is 0 Å². The average molecular weight is 515 g/mol. The highest BCUT2D eigenvalue weighted by Crippen LogP contribution is 2.39. The van der Waals surface area contributed by atoms with Crippen LogP contribution in [0.25, 0.3) is 60.5 Å². The molecule has 40 heavy (non-hydrogen) atoms. The Labute approximate surface area is 231 Å². The molecule has 0 atom stereocenters. The van der Waals surface area contributed by atoms with Crippen LogP contribution in [0.5, 0.6) is 0 Å². The summed E-state index contributed by atoms with van der Waals surface area (Å²) >= 11 is 0. The molecule has 4 heterocycles. The Morgan fingerprint density at radius 1 is 0.650 bits per heavy atom. The first kappa shape index (κ1) is 22.9. The topological polar surface area (TPSA) is 43.1 Å². The molecule has 4 nitrogen and oxygen atoms in total. The SMILES string of the molecule is CC(C)(c1cccc(-c2ccccn2)c1)c1ccc2c(c1)c1ncc3ccccc3c1c1nc3ccccc3n21. The van der Waals surface area contributed by atoms with Gasteiger partial charge in [-0.25, -0.2) is 4.98 Å². The first-order valence-corrected chi connectivity index (χ1v) is 13.6. The van der Waals surface area contributed by atoms with Crippen LogP contribution in [0.4, 0.5) is 0 Å². The predicted molar refractivity (Wildman–Crippen MR) is 165 cm³/mol. The van der Waals surface area contributed by atoms with Crippen molar-refractivity contribution in [3.05, 3.63) is 133 Å². The molecule has 0 unspecified atom stereocenters. The van der Waals surface area contributed by atoms with E-state index in [4.69, 9.17) is 9.97 Å². The van der Waals surface area contributed by atoms with Gasteiger partial charge in [0.25, 0.3) is 0 Å². The maximum Gasteiger partial charge on any atom is 0.148 e. The van der Waals surface area contributed by atoms with Gasteiger partial charge in [-0.3, -0.25) is 14.4 Å². The van der Waals surface area contributed by atoms with E-state index in [1.165, 1.54) is 16.5 Å². The van der Waals surface area contributed by atoms with Gasteiger partial charge in [0.2, 0.25) is 0 Å². The number of fused-ring (bicyclic) bond motifs is 10. The van der Waals surface area contributed by atoms with Gasteiger partial charge in [-0.15, -0.1) is 0 Å². The number of pyridine rings is 3. The number of hydrogen-bond donors (Lipinski definition) is 0. The predicted octanol–water partition coefficient (Wildman–Crippen LogP) is 8.73. The molecule has 0 aliphatic carbocycles. The zero-order valence-electron chi connectivity index (χ0n) is 22.3. The molecule has 0 N–H and O–H groups in total. The van der Waals surface area contributed by atoms with Gasteiger partial charge < -0.3 is 0 Å². The molecule has 0 spiro atoms. The molecule has 0 aliphatic rings. The molecular weight excluding hydrogens is 488 g/mol. The summed E-state index contributed by atoms with van der Waals surface area (Å²) in [5, 5.41) is 4.50. The summed E-state index contributed by atoms with van der Waals surface area (Å²) in [4.78, 5) is 14.7. The van der Waals surface area contributed by atoms with Crippen LogP contribution in [-0.2, 0) is 5.41 Å². The molecule has 0 aliphatic heterocycles. The zero-order chi connectivity index (χ0) is 26.8. The molecule has 0 radical (unpaired) electrons. The highest BCUT2D eigenvalue weighted by Gasteiger charge is 2.25. The zero-order valence-corrected chi connectivity index (χ0v) is 22.3. The fourth-order valence-electron chi connectivity index (χ4n) is 6.11. The standard InChI is InChI=1S/C36H26N4/c1-36(2,25-12-9-11-23(20-25)29-14-7-8-19-37-29)26-17-18-31-28(21-26)34-33(27-13-4-3-10-24(27)22-38-34)35-39-30-15-5-6-16-32(30)40(31)35/h3-22H,1-2H3. The van der Waals surface area contributed by atoms with Crippen LogP contribution in [0, 0.1) is 0 Å². The second kappa shape index (κ2) is 8.45. The third-order valence-electron chi connectivity index (χ3n) is 8.34. The van der Waals surface area contributed by atoms with Crippen molar-refractivity contribution in [2.75, 3.05) is 0 Å². The van der Waals surface area contributed by atoms with E-state index in [0.29, 0.717) is 0 Å². The lowest BCUT2D eigenvalue weighted by Crippen LogP contribution is -2.19. The Morgan fingerprint density at radius 2 is 1.48 bits per heavy atom. The van der Waals surface area contributed by atoms with Gasteiger partial charge in [-0.1, -0.05) is 80.6 Å². The van der Waals surface area contributed by atoms with Crippen molar-refractivity contribution in [3.63, 3.8) is 0 Å². The van der Waals surface area contributed by atoms with Gasteiger partial charge in [0, 0.05) is 34.1 Å². The highest BCUT2D eigenvalue weighted by molar-refractivity contribution is 6.21. The molecule has 0 fully saturated rings. The minimum atomic E-state index is -0.242. The highest BCUT2D eigenvalue weighted by atomic mass is 15.0.